The lowest BCUT2D eigenvalue weighted by atomic mass is 10.2. The van der Waals surface area contributed by atoms with Crippen LogP contribution in [-0.4, -0.2) is 56.7 Å². The number of thioether (sulfide) groups is 1. The summed E-state index contributed by atoms with van der Waals surface area (Å²) < 4.78 is 6.98. The Balaban J connectivity index is 1.68. The number of hydrogen-bond acceptors (Lipinski definition) is 6. The average Bonchev–Trinajstić information content (AvgIpc) is 2.92. The Labute approximate surface area is 165 Å². The molecule has 140 valence electrons. The number of nitrogens with two attached hydrogens (primary N) is 1. The second-order valence-electron chi connectivity index (χ2n) is 6.15. The molecule has 2 heterocycles. The Hall–Kier alpha value is -1.48. The van der Waals surface area contributed by atoms with Gasteiger partial charge >= 0.3 is 0 Å². The van der Waals surface area contributed by atoms with Crippen molar-refractivity contribution >= 4 is 40.9 Å². The molecule has 1 aliphatic rings. The number of rotatable bonds is 4. The van der Waals surface area contributed by atoms with Gasteiger partial charge in [-0.15, -0.1) is 10.2 Å². The smallest absolute Gasteiger partial charge is 0.233 e. The van der Waals surface area contributed by atoms with Gasteiger partial charge < -0.3 is 15.5 Å². The summed E-state index contributed by atoms with van der Waals surface area (Å²) in [5.41, 5.74) is 0.625. The van der Waals surface area contributed by atoms with Crippen molar-refractivity contribution < 1.29 is 9.53 Å². The number of hydrogen-bond donors (Lipinski definition) is 1. The van der Waals surface area contributed by atoms with Crippen LogP contribution in [0.5, 0.6) is 0 Å². The van der Waals surface area contributed by atoms with Crippen LogP contribution in [-0.2, 0) is 9.53 Å². The number of benzene rings is 1. The molecule has 0 radical (unpaired) electrons. The second kappa shape index (κ2) is 8.04. The summed E-state index contributed by atoms with van der Waals surface area (Å²) in [6.07, 6.45) is 0.0639. The molecular formula is C16H19Cl2N5O2S. The van der Waals surface area contributed by atoms with E-state index in [0.29, 0.717) is 39.7 Å². The number of aromatic nitrogens is 3. The lowest BCUT2D eigenvalue weighted by Gasteiger charge is -2.35. The molecule has 1 fully saturated rings. The van der Waals surface area contributed by atoms with Crippen LogP contribution in [0.4, 0.5) is 0 Å². The third kappa shape index (κ3) is 4.25. The molecule has 0 spiro atoms. The van der Waals surface area contributed by atoms with Crippen LogP contribution in [0, 0.1) is 0 Å². The summed E-state index contributed by atoms with van der Waals surface area (Å²) in [7, 11) is 0. The molecule has 2 atom stereocenters. The Morgan fingerprint density at radius 3 is 2.65 bits per heavy atom. The van der Waals surface area contributed by atoms with Crippen molar-refractivity contribution in [3.05, 3.63) is 28.2 Å². The molecule has 1 aromatic carbocycles. The predicted molar refractivity (Wildman–Crippen MR) is 103 cm³/mol. The summed E-state index contributed by atoms with van der Waals surface area (Å²) in [5.74, 6) is 6.74. The van der Waals surface area contributed by atoms with Crippen molar-refractivity contribution in [1.82, 2.24) is 19.8 Å². The van der Waals surface area contributed by atoms with E-state index in [4.69, 9.17) is 33.8 Å². The van der Waals surface area contributed by atoms with Gasteiger partial charge in [-0.05, 0) is 32.0 Å². The highest BCUT2D eigenvalue weighted by Gasteiger charge is 2.26. The van der Waals surface area contributed by atoms with E-state index in [-0.39, 0.29) is 23.9 Å². The molecule has 7 nitrogen and oxygen atoms in total. The Morgan fingerprint density at radius 2 is 2.00 bits per heavy atom. The van der Waals surface area contributed by atoms with E-state index in [2.05, 4.69) is 10.2 Å². The Kier molecular flexibility index (Phi) is 5.96. The fourth-order valence-electron chi connectivity index (χ4n) is 2.83. The highest BCUT2D eigenvalue weighted by molar-refractivity contribution is 7.99. The minimum Gasteiger partial charge on any atom is -0.372 e. The number of ether oxygens (including phenoxy) is 1. The number of nitrogens with zero attached hydrogens (tertiary/aromatic N) is 4. The van der Waals surface area contributed by atoms with Gasteiger partial charge in [0.2, 0.25) is 11.1 Å². The first-order chi connectivity index (χ1) is 12.3. The van der Waals surface area contributed by atoms with Gasteiger partial charge in [-0.2, -0.15) is 0 Å². The maximum Gasteiger partial charge on any atom is 0.233 e. The van der Waals surface area contributed by atoms with Crippen LogP contribution in [0.25, 0.3) is 11.4 Å². The van der Waals surface area contributed by atoms with Crippen molar-refractivity contribution in [3.63, 3.8) is 0 Å². The molecular weight excluding hydrogens is 397 g/mol. The molecule has 2 N–H and O–H groups in total. The molecule has 0 saturated carbocycles. The standard InChI is InChI=1S/C16H19Cl2N5O2S/c1-9-6-22(7-10(2)25-9)14(24)8-26-16-21-20-15(23(16)19)12-4-3-11(17)5-13(12)18/h3-5,9-10H,6-8,19H2,1-2H3/t9-,10+. The monoisotopic (exact) mass is 415 g/mol. The molecule has 1 saturated heterocycles. The van der Waals surface area contributed by atoms with E-state index < -0.39 is 0 Å². The predicted octanol–water partition coefficient (Wildman–Crippen LogP) is 2.69. The number of carbonyl (C=O) groups is 1. The van der Waals surface area contributed by atoms with Crippen molar-refractivity contribution in [2.75, 3.05) is 24.7 Å². The Morgan fingerprint density at radius 1 is 1.31 bits per heavy atom. The van der Waals surface area contributed by atoms with Crippen molar-refractivity contribution in [1.29, 1.82) is 0 Å². The maximum absolute atomic E-state index is 12.5. The molecule has 1 amide bonds. The van der Waals surface area contributed by atoms with Gasteiger partial charge in [0.05, 0.1) is 23.0 Å². The van der Waals surface area contributed by atoms with E-state index >= 15 is 0 Å². The summed E-state index contributed by atoms with van der Waals surface area (Å²) in [6, 6.07) is 5.05. The topological polar surface area (TPSA) is 86.3 Å². The molecule has 0 unspecified atom stereocenters. The first-order valence-electron chi connectivity index (χ1n) is 8.07. The molecule has 2 aromatic rings. The van der Waals surface area contributed by atoms with Crippen LogP contribution in [0.1, 0.15) is 13.8 Å². The highest BCUT2D eigenvalue weighted by Crippen LogP contribution is 2.30. The maximum atomic E-state index is 12.5. The van der Waals surface area contributed by atoms with Crippen molar-refractivity contribution in [2.45, 2.75) is 31.2 Å². The minimum atomic E-state index is 0.0195. The zero-order chi connectivity index (χ0) is 18.8. The first kappa shape index (κ1) is 19.3. The van der Waals surface area contributed by atoms with E-state index in [1.54, 1.807) is 23.1 Å². The molecule has 26 heavy (non-hydrogen) atoms. The van der Waals surface area contributed by atoms with Crippen molar-refractivity contribution in [2.24, 2.45) is 0 Å². The number of nitrogen functional groups attached to an aromatic ring is 1. The molecule has 3 rings (SSSR count). The van der Waals surface area contributed by atoms with Gasteiger partial charge in [-0.25, -0.2) is 4.68 Å². The van der Waals surface area contributed by atoms with Gasteiger partial charge in [0.15, 0.2) is 5.82 Å². The van der Waals surface area contributed by atoms with Crippen LogP contribution >= 0.6 is 35.0 Å². The molecule has 1 aliphatic heterocycles. The molecule has 1 aromatic heterocycles. The average molecular weight is 416 g/mol. The lowest BCUT2D eigenvalue weighted by Crippen LogP contribution is -2.48. The zero-order valence-corrected chi connectivity index (χ0v) is 16.7. The second-order valence-corrected chi connectivity index (χ2v) is 7.93. The van der Waals surface area contributed by atoms with Gasteiger partial charge in [-0.3, -0.25) is 4.79 Å². The van der Waals surface area contributed by atoms with Crippen molar-refractivity contribution in [3.8, 4) is 11.4 Å². The van der Waals surface area contributed by atoms with Crippen LogP contribution < -0.4 is 5.84 Å². The summed E-state index contributed by atoms with van der Waals surface area (Å²) in [4.78, 5) is 14.3. The fraction of sp³-hybridized carbons (Fsp3) is 0.438. The quantitative estimate of drug-likeness (QED) is 0.609. The lowest BCUT2D eigenvalue weighted by molar-refractivity contribution is -0.140. The van der Waals surface area contributed by atoms with Gasteiger partial charge in [0.25, 0.3) is 0 Å². The molecule has 0 bridgehead atoms. The number of carbonyl (C=O) groups excluding carboxylic acids is 1. The minimum absolute atomic E-state index is 0.0195. The van der Waals surface area contributed by atoms with E-state index in [9.17, 15) is 4.79 Å². The van der Waals surface area contributed by atoms with Gasteiger partial charge in [0.1, 0.15) is 0 Å². The van der Waals surface area contributed by atoms with Gasteiger partial charge in [0, 0.05) is 23.7 Å². The van der Waals surface area contributed by atoms with Crippen LogP contribution in [0.2, 0.25) is 10.0 Å². The summed E-state index contributed by atoms with van der Waals surface area (Å²) in [6.45, 7) is 5.10. The van der Waals surface area contributed by atoms with Gasteiger partial charge in [-0.1, -0.05) is 35.0 Å². The summed E-state index contributed by atoms with van der Waals surface area (Å²) >= 11 is 13.4. The normalized spacial score (nSPS) is 20.4. The number of amides is 1. The molecule has 0 aliphatic carbocycles. The third-order valence-corrected chi connectivity index (χ3v) is 5.41. The first-order valence-corrected chi connectivity index (χ1v) is 9.81. The van der Waals surface area contributed by atoms with Crippen LogP contribution in [0.15, 0.2) is 23.4 Å². The molecule has 10 heteroatoms. The zero-order valence-electron chi connectivity index (χ0n) is 14.4. The summed E-state index contributed by atoms with van der Waals surface area (Å²) in [5, 5.41) is 9.55. The van der Waals surface area contributed by atoms with E-state index in [1.807, 2.05) is 13.8 Å². The largest absolute Gasteiger partial charge is 0.372 e. The van der Waals surface area contributed by atoms with Crippen LogP contribution in [0.3, 0.4) is 0 Å². The third-order valence-electron chi connectivity index (χ3n) is 3.93. The SMILES string of the molecule is C[C@@H]1CN(C(=O)CSc2nnc(-c3ccc(Cl)cc3Cl)n2N)C[C@H](C)O1. The highest BCUT2D eigenvalue weighted by atomic mass is 35.5. The number of halogens is 2. The Bertz CT molecular complexity index is 806. The van der Waals surface area contributed by atoms with E-state index in [0.717, 1.165) is 0 Å². The fourth-order valence-corrected chi connectivity index (χ4v) is 4.08. The van der Waals surface area contributed by atoms with E-state index in [1.165, 1.54) is 16.4 Å². The number of morpholine rings is 1.